The molecule has 0 bridgehead atoms. The van der Waals surface area contributed by atoms with E-state index in [1.807, 2.05) is 6.07 Å². The summed E-state index contributed by atoms with van der Waals surface area (Å²) in [6, 6.07) is 7.06. The number of aromatic amines is 1. The smallest absolute Gasteiger partial charge is 0.239 e. The van der Waals surface area contributed by atoms with Gasteiger partial charge in [-0.3, -0.25) is 4.79 Å². The molecule has 1 N–H and O–H groups in total. The first-order valence-electron chi connectivity index (χ1n) is 7.24. The fraction of sp³-hybridized carbons (Fsp3) is 0.294. The van der Waals surface area contributed by atoms with Crippen LogP contribution >= 0.6 is 15.9 Å². The second-order valence-corrected chi connectivity index (χ2v) is 6.45. The van der Waals surface area contributed by atoms with E-state index in [9.17, 15) is 13.6 Å². The number of ketones is 1. The quantitative estimate of drug-likeness (QED) is 0.451. The average Bonchev–Trinajstić information content (AvgIpc) is 2.91. The van der Waals surface area contributed by atoms with Crippen LogP contribution in [-0.4, -0.2) is 36.2 Å². The van der Waals surface area contributed by atoms with E-state index < -0.39 is 12.2 Å². The monoisotopic (exact) mass is 395 g/mol. The topological polar surface area (TPSA) is 59.9 Å². The fourth-order valence-electron chi connectivity index (χ4n) is 2.32. The van der Waals surface area contributed by atoms with Crippen molar-refractivity contribution < 1.29 is 13.6 Å². The molecule has 0 aliphatic rings. The first-order chi connectivity index (χ1) is 11.3. The van der Waals surface area contributed by atoms with Crippen molar-refractivity contribution in [1.29, 1.82) is 5.26 Å². The second kappa shape index (κ2) is 7.58. The van der Waals surface area contributed by atoms with E-state index in [0.717, 1.165) is 10.9 Å². The van der Waals surface area contributed by atoms with E-state index in [1.165, 1.54) is 6.20 Å². The molecule has 0 fully saturated rings. The predicted octanol–water partition coefficient (Wildman–Crippen LogP) is 4.28. The average molecular weight is 396 g/mol. The molecule has 1 aromatic heterocycles. The van der Waals surface area contributed by atoms with Gasteiger partial charge in [0.1, 0.15) is 11.6 Å². The fourth-order valence-corrected chi connectivity index (χ4v) is 2.86. The zero-order chi connectivity index (χ0) is 17.9. The van der Waals surface area contributed by atoms with Crippen molar-refractivity contribution in [3.05, 3.63) is 45.7 Å². The third kappa shape index (κ3) is 4.20. The lowest BCUT2D eigenvalue weighted by atomic mass is 10.1. The third-order valence-electron chi connectivity index (χ3n) is 3.42. The van der Waals surface area contributed by atoms with Gasteiger partial charge in [0.25, 0.3) is 0 Å². The van der Waals surface area contributed by atoms with Gasteiger partial charge in [0, 0.05) is 42.1 Å². The third-order valence-corrected chi connectivity index (χ3v) is 4.15. The van der Waals surface area contributed by atoms with Crippen LogP contribution in [0.25, 0.3) is 10.9 Å². The normalized spacial score (nSPS) is 11.8. The zero-order valence-corrected chi connectivity index (χ0v) is 14.8. The highest BCUT2D eigenvalue weighted by atomic mass is 79.9. The lowest BCUT2D eigenvalue weighted by Gasteiger charge is -2.04. The van der Waals surface area contributed by atoms with E-state index in [4.69, 9.17) is 5.26 Å². The van der Waals surface area contributed by atoms with Crippen molar-refractivity contribution in [3.8, 4) is 6.07 Å². The molecule has 0 aliphatic carbocycles. The molecule has 0 aliphatic heterocycles. The molecule has 0 saturated carbocycles. The van der Waals surface area contributed by atoms with Crippen LogP contribution in [0.3, 0.4) is 0 Å². The van der Waals surface area contributed by atoms with E-state index in [2.05, 4.69) is 20.9 Å². The molecule has 0 saturated heterocycles. The van der Waals surface area contributed by atoms with E-state index in [-0.39, 0.29) is 24.1 Å². The highest BCUT2D eigenvalue weighted by Crippen LogP contribution is 2.27. The van der Waals surface area contributed by atoms with Gasteiger partial charge in [0.2, 0.25) is 12.2 Å². The van der Waals surface area contributed by atoms with Crippen LogP contribution < -0.4 is 0 Å². The summed E-state index contributed by atoms with van der Waals surface area (Å²) in [7, 11) is 3.45. The Morgan fingerprint density at radius 2 is 2.12 bits per heavy atom. The van der Waals surface area contributed by atoms with E-state index in [1.54, 1.807) is 37.2 Å². The lowest BCUT2D eigenvalue weighted by Crippen LogP contribution is -2.09. The minimum absolute atomic E-state index is 0.0172. The Morgan fingerprint density at radius 3 is 2.71 bits per heavy atom. The minimum atomic E-state index is -2.36. The molecule has 0 radical (unpaired) electrons. The summed E-state index contributed by atoms with van der Waals surface area (Å²) in [4.78, 5) is 17.0. The number of hydrogen-bond acceptors (Lipinski definition) is 3. The van der Waals surface area contributed by atoms with Gasteiger partial charge >= 0.3 is 0 Å². The number of aromatic nitrogens is 1. The maximum absolute atomic E-state index is 12.4. The number of fused-ring (bicyclic) bond motifs is 1. The number of nitrogens with one attached hydrogen (secondary N) is 1. The number of carbonyl (C=O) groups excluding carboxylic acids is 1. The molecule has 2 rings (SSSR count). The molecule has 7 heteroatoms. The Kier molecular flexibility index (Phi) is 5.73. The molecule has 0 unspecified atom stereocenters. The van der Waals surface area contributed by atoms with Crippen molar-refractivity contribution in [2.24, 2.45) is 0 Å². The standard InChI is InChI=1S/C17H16BrF2N3O/c1-23(2)9-12(8-21)17(24)15-6-11-5-10(3-4-16(19)20)13(18)7-14(11)22-15/h5-7,9,16,22H,3-4H2,1-2H3/b12-9+. The van der Waals surface area contributed by atoms with Crippen molar-refractivity contribution in [1.82, 2.24) is 9.88 Å². The molecule has 0 amide bonds. The number of H-pyrrole nitrogens is 1. The Bertz CT molecular complexity index is 834. The molecule has 24 heavy (non-hydrogen) atoms. The minimum Gasteiger partial charge on any atom is -0.382 e. The number of rotatable bonds is 6. The first-order valence-corrected chi connectivity index (χ1v) is 8.03. The lowest BCUT2D eigenvalue weighted by molar-refractivity contribution is 0.103. The molecule has 2 aromatic rings. The summed E-state index contributed by atoms with van der Waals surface area (Å²) in [5.41, 5.74) is 1.76. The Morgan fingerprint density at radius 1 is 1.42 bits per heavy atom. The first kappa shape index (κ1) is 18.1. The summed E-state index contributed by atoms with van der Waals surface area (Å²) in [6.45, 7) is 0. The summed E-state index contributed by atoms with van der Waals surface area (Å²) >= 11 is 3.37. The number of hydrogen-bond donors (Lipinski definition) is 1. The van der Waals surface area contributed by atoms with Crippen LogP contribution in [-0.2, 0) is 6.42 Å². The van der Waals surface area contributed by atoms with Gasteiger partial charge in [-0.25, -0.2) is 8.78 Å². The Labute approximate surface area is 146 Å². The van der Waals surface area contributed by atoms with Crippen LogP contribution in [0.4, 0.5) is 8.78 Å². The van der Waals surface area contributed by atoms with Crippen molar-refractivity contribution in [2.45, 2.75) is 19.3 Å². The molecule has 1 heterocycles. The van der Waals surface area contributed by atoms with Crippen molar-refractivity contribution in [2.75, 3.05) is 14.1 Å². The molecule has 4 nitrogen and oxygen atoms in total. The van der Waals surface area contributed by atoms with Gasteiger partial charge in [-0.2, -0.15) is 5.26 Å². The molecule has 1 aromatic carbocycles. The number of aryl methyl sites for hydroxylation is 1. The molecular weight excluding hydrogens is 380 g/mol. The molecule has 0 atom stereocenters. The van der Waals surface area contributed by atoms with Crippen LogP contribution in [0.2, 0.25) is 0 Å². The second-order valence-electron chi connectivity index (χ2n) is 5.59. The molecular formula is C17H16BrF2N3O. The zero-order valence-electron chi connectivity index (χ0n) is 13.2. The number of alkyl halides is 2. The number of nitriles is 1. The van der Waals surface area contributed by atoms with Gasteiger partial charge in [-0.1, -0.05) is 15.9 Å². The highest BCUT2D eigenvalue weighted by Gasteiger charge is 2.16. The summed E-state index contributed by atoms with van der Waals surface area (Å²) in [5, 5.41) is 9.88. The Hall–Kier alpha value is -2.20. The number of benzene rings is 1. The van der Waals surface area contributed by atoms with Crippen LogP contribution in [0, 0.1) is 11.3 Å². The largest absolute Gasteiger partial charge is 0.382 e. The van der Waals surface area contributed by atoms with Crippen molar-refractivity contribution >= 4 is 32.6 Å². The van der Waals surface area contributed by atoms with Gasteiger partial charge in [0.15, 0.2) is 0 Å². The number of allylic oxidation sites excluding steroid dienone is 1. The predicted molar refractivity (Wildman–Crippen MR) is 92.0 cm³/mol. The number of nitrogens with zero attached hydrogens (tertiary/aromatic N) is 2. The van der Waals surface area contributed by atoms with Crippen LogP contribution in [0.1, 0.15) is 22.5 Å². The Balaban J connectivity index is 2.38. The van der Waals surface area contributed by atoms with Gasteiger partial charge in [-0.15, -0.1) is 0 Å². The van der Waals surface area contributed by atoms with Crippen LogP contribution in [0.5, 0.6) is 0 Å². The maximum atomic E-state index is 12.4. The van der Waals surface area contributed by atoms with Gasteiger partial charge in [-0.05, 0) is 30.2 Å². The summed E-state index contributed by atoms with van der Waals surface area (Å²) in [6.07, 6.45) is -0.875. The number of carbonyl (C=O) groups is 1. The van der Waals surface area contributed by atoms with Gasteiger partial charge in [0.05, 0.1) is 5.69 Å². The summed E-state index contributed by atoms with van der Waals surface area (Å²) < 4.78 is 25.5. The van der Waals surface area contributed by atoms with Gasteiger partial charge < -0.3 is 9.88 Å². The van der Waals surface area contributed by atoms with Crippen LogP contribution in [0.15, 0.2) is 34.4 Å². The highest BCUT2D eigenvalue weighted by molar-refractivity contribution is 9.10. The summed E-state index contributed by atoms with van der Waals surface area (Å²) in [5.74, 6) is -0.410. The SMILES string of the molecule is CN(C)/C=C(\C#N)C(=O)c1cc2cc(CCC(F)F)c(Br)cc2[nH]1. The number of halogens is 3. The van der Waals surface area contributed by atoms with E-state index in [0.29, 0.717) is 9.99 Å². The number of Topliss-reactive ketones (excluding diaryl/α,β-unsaturated/α-hetero) is 1. The van der Waals surface area contributed by atoms with E-state index >= 15 is 0 Å². The molecule has 0 spiro atoms. The molecule has 126 valence electrons. The maximum Gasteiger partial charge on any atom is 0.239 e. The van der Waals surface area contributed by atoms with Crippen molar-refractivity contribution in [3.63, 3.8) is 0 Å².